The molecule has 4 rings (SSSR count). The second-order valence-corrected chi connectivity index (χ2v) is 7.45. The van der Waals surface area contributed by atoms with E-state index in [0.717, 1.165) is 18.7 Å². The number of hydrogen-bond acceptors (Lipinski definition) is 6. The van der Waals surface area contributed by atoms with Gasteiger partial charge in [-0.1, -0.05) is 28.9 Å². The molecule has 0 radical (unpaired) electrons. The standard InChI is InChI=1S/C22H23ClN4O3/c1-2-29-19-6-4-3-5-18(19)22(28)27-13-11-26(12-14-27)15-20-24-21(25-30-20)16-7-9-17(23)10-8-16/h3-10H,2,11-15H2,1H3. The summed E-state index contributed by atoms with van der Waals surface area (Å²) in [5, 5.41) is 4.72. The van der Waals surface area contributed by atoms with E-state index < -0.39 is 0 Å². The topological polar surface area (TPSA) is 71.7 Å². The highest BCUT2D eigenvalue weighted by Crippen LogP contribution is 2.22. The van der Waals surface area contributed by atoms with Gasteiger partial charge in [-0.05, 0) is 43.3 Å². The highest BCUT2D eigenvalue weighted by atomic mass is 35.5. The molecule has 1 aliphatic rings. The fraction of sp³-hybridized carbons (Fsp3) is 0.318. The molecule has 0 spiro atoms. The van der Waals surface area contributed by atoms with Crippen LogP contribution in [0.2, 0.25) is 5.02 Å². The number of amides is 1. The maximum absolute atomic E-state index is 12.9. The van der Waals surface area contributed by atoms with Crippen LogP contribution < -0.4 is 4.74 Å². The molecule has 1 aromatic heterocycles. The van der Waals surface area contributed by atoms with Crippen LogP contribution in [0.4, 0.5) is 0 Å². The van der Waals surface area contributed by atoms with Crippen LogP contribution in [0.1, 0.15) is 23.2 Å². The average Bonchev–Trinajstić information content (AvgIpc) is 3.23. The lowest BCUT2D eigenvalue weighted by Gasteiger charge is -2.34. The third-order valence-corrected chi connectivity index (χ3v) is 5.26. The van der Waals surface area contributed by atoms with Crippen LogP contribution in [0.25, 0.3) is 11.4 Å². The second-order valence-electron chi connectivity index (χ2n) is 7.02. The minimum Gasteiger partial charge on any atom is -0.493 e. The van der Waals surface area contributed by atoms with E-state index in [1.807, 2.05) is 48.2 Å². The number of benzene rings is 2. The van der Waals surface area contributed by atoms with Crippen molar-refractivity contribution in [2.75, 3.05) is 32.8 Å². The lowest BCUT2D eigenvalue weighted by molar-refractivity contribution is 0.0611. The zero-order chi connectivity index (χ0) is 20.9. The van der Waals surface area contributed by atoms with Gasteiger partial charge in [0.15, 0.2) is 0 Å². The fourth-order valence-electron chi connectivity index (χ4n) is 3.43. The van der Waals surface area contributed by atoms with Crippen molar-refractivity contribution >= 4 is 17.5 Å². The van der Waals surface area contributed by atoms with E-state index in [4.69, 9.17) is 20.9 Å². The Labute approximate surface area is 180 Å². The summed E-state index contributed by atoms with van der Waals surface area (Å²) in [6, 6.07) is 14.7. The first-order chi connectivity index (χ1) is 14.6. The summed E-state index contributed by atoms with van der Waals surface area (Å²) < 4.78 is 11.0. The number of ether oxygens (including phenoxy) is 1. The Morgan fingerprint density at radius 2 is 1.83 bits per heavy atom. The van der Waals surface area contributed by atoms with Gasteiger partial charge in [-0.3, -0.25) is 9.69 Å². The highest BCUT2D eigenvalue weighted by Gasteiger charge is 2.25. The Hall–Kier alpha value is -2.90. The summed E-state index contributed by atoms with van der Waals surface area (Å²) >= 11 is 5.92. The summed E-state index contributed by atoms with van der Waals surface area (Å²) in [7, 11) is 0. The maximum Gasteiger partial charge on any atom is 0.257 e. The number of aromatic nitrogens is 2. The molecule has 0 atom stereocenters. The summed E-state index contributed by atoms with van der Waals surface area (Å²) in [5.74, 6) is 1.74. The van der Waals surface area contributed by atoms with Crippen LogP contribution in [0.15, 0.2) is 53.1 Å². The summed E-state index contributed by atoms with van der Waals surface area (Å²) in [4.78, 5) is 21.5. The van der Waals surface area contributed by atoms with E-state index in [-0.39, 0.29) is 5.91 Å². The zero-order valence-electron chi connectivity index (χ0n) is 16.8. The second kappa shape index (κ2) is 9.28. The van der Waals surface area contributed by atoms with E-state index in [1.54, 1.807) is 12.1 Å². The van der Waals surface area contributed by atoms with Crippen molar-refractivity contribution in [2.24, 2.45) is 0 Å². The van der Waals surface area contributed by atoms with Gasteiger partial charge in [-0.25, -0.2) is 0 Å². The molecule has 8 heteroatoms. The van der Waals surface area contributed by atoms with Crippen LogP contribution in [-0.2, 0) is 6.54 Å². The van der Waals surface area contributed by atoms with Gasteiger partial charge in [0.1, 0.15) is 5.75 Å². The number of rotatable bonds is 6. The molecule has 0 N–H and O–H groups in total. The van der Waals surface area contributed by atoms with E-state index in [9.17, 15) is 4.79 Å². The molecule has 1 amide bonds. The lowest BCUT2D eigenvalue weighted by atomic mass is 10.1. The van der Waals surface area contributed by atoms with Gasteiger partial charge in [0.2, 0.25) is 11.7 Å². The van der Waals surface area contributed by atoms with Crippen LogP contribution in [0, 0.1) is 0 Å². The first kappa shape index (κ1) is 20.4. The zero-order valence-corrected chi connectivity index (χ0v) is 17.5. The monoisotopic (exact) mass is 426 g/mol. The molecule has 1 fully saturated rings. The van der Waals surface area contributed by atoms with Crippen LogP contribution in [0.5, 0.6) is 5.75 Å². The molecule has 2 heterocycles. The molecule has 2 aromatic carbocycles. The third-order valence-electron chi connectivity index (χ3n) is 5.01. The molecule has 0 unspecified atom stereocenters. The van der Waals surface area contributed by atoms with Crippen molar-refractivity contribution in [3.8, 4) is 17.1 Å². The summed E-state index contributed by atoms with van der Waals surface area (Å²) in [6.45, 7) is 5.74. The highest BCUT2D eigenvalue weighted by molar-refractivity contribution is 6.30. The van der Waals surface area contributed by atoms with Gasteiger partial charge in [0, 0.05) is 36.8 Å². The van der Waals surface area contributed by atoms with Crippen molar-refractivity contribution in [3.63, 3.8) is 0 Å². The number of carbonyl (C=O) groups is 1. The smallest absolute Gasteiger partial charge is 0.257 e. The van der Waals surface area contributed by atoms with Gasteiger partial charge in [-0.2, -0.15) is 4.98 Å². The first-order valence-electron chi connectivity index (χ1n) is 9.96. The molecule has 0 saturated carbocycles. The Morgan fingerprint density at radius 3 is 2.57 bits per heavy atom. The minimum atomic E-state index is 0.00140. The number of piperazine rings is 1. The fourth-order valence-corrected chi connectivity index (χ4v) is 3.56. The number of para-hydroxylation sites is 1. The van der Waals surface area contributed by atoms with Crippen LogP contribution in [-0.4, -0.2) is 58.6 Å². The molecular weight excluding hydrogens is 404 g/mol. The molecule has 0 bridgehead atoms. The van der Waals surface area contributed by atoms with E-state index in [0.29, 0.717) is 54.3 Å². The molecular formula is C22H23ClN4O3. The Bertz CT molecular complexity index is 998. The van der Waals surface area contributed by atoms with Crippen LogP contribution >= 0.6 is 11.6 Å². The Balaban J connectivity index is 1.34. The largest absolute Gasteiger partial charge is 0.493 e. The molecule has 7 nitrogen and oxygen atoms in total. The maximum atomic E-state index is 12.9. The van der Waals surface area contributed by atoms with Crippen molar-refractivity contribution in [3.05, 3.63) is 65.0 Å². The van der Waals surface area contributed by atoms with Crippen molar-refractivity contribution in [1.29, 1.82) is 0 Å². The number of nitrogens with zero attached hydrogens (tertiary/aromatic N) is 4. The molecule has 1 aliphatic heterocycles. The van der Waals surface area contributed by atoms with Crippen molar-refractivity contribution < 1.29 is 14.1 Å². The SMILES string of the molecule is CCOc1ccccc1C(=O)N1CCN(Cc2nc(-c3ccc(Cl)cc3)no2)CC1. The predicted octanol–water partition coefficient (Wildman–Crippen LogP) is 3.75. The predicted molar refractivity (Wildman–Crippen MR) is 114 cm³/mol. The van der Waals surface area contributed by atoms with E-state index in [2.05, 4.69) is 15.0 Å². The van der Waals surface area contributed by atoms with E-state index in [1.165, 1.54) is 0 Å². The Kier molecular flexibility index (Phi) is 6.30. The number of halogens is 1. The quantitative estimate of drug-likeness (QED) is 0.597. The third kappa shape index (κ3) is 4.63. The van der Waals surface area contributed by atoms with Gasteiger partial charge < -0.3 is 14.2 Å². The van der Waals surface area contributed by atoms with Gasteiger partial charge >= 0.3 is 0 Å². The molecule has 156 valence electrons. The van der Waals surface area contributed by atoms with Gasteiger partial charge in [0.05, 0.1) is 18.7 Å². The van der Waals surface area contributed by atoms with Crippen LogP contribution in [0.3, 0.4) is 0 Å². The van der Waals surface area contributed by atoms with Crippen molar-refractivity contribution in [2.45, 2.75) is 13.5 Å². The van der Waals surface area contributed by atoms with E-state index >= 15 is 0 Å². The van der Waals surface area contributed by atoms with Gasteiger partial charge in [0.25, 0.3) is 5.91 Å². The summed E-state index contributed by atoms with van der Waals surface area (Å²) in [6.07, 6.45) is 0. The molecule has 30 heavy (non-hydrogen) atoms. The normalized spacial score (nSPS) is 14.7. The number of hydrogen-bond donors (Lipinski definition) is 0. The van der Waals surface area contributed by atoms with Crippen molar-refractivity contribution in [1.82, 2.24) is 19.9 Å². The molecule has 0 aliphatic carbocycles. The minimum absolute atomic E-state index is 0.00140. The summed E-state index contributed by atoms with van der Waals surface area (Å²) in [5.41, 5.74) is 1.47. The van der Waals surface area contributed by atoms with Gasteiger partial charge in [-0.15, -0.1) is 0 Å². The lowest BCUT2D eigenvalue weighted by Crippen LogP contribution is -2.48. The molecule has 1 saturated heterocycles. The average molecular weight is 427 g/mol. The first-order valence-corrected chi connectivity index (χ1v) is 10.3. The number of carbonyl (C=O) groups excluding carboxylic acids is 1. The Morgan fingerprint density at radius 1 is 1.10 bits per heavy atom. The molecule has 3 aromatic rings.